The summed E-state index contributed by atoms with van der Waals surface area (Å²) in [6.45, 7) is 2.14. The molecule has 2 aliphatic heterocycles. The Morgan fingerprint density at radius 1 is 1.00 bits per heavy atom. The van der Waals surface area contributed by atoms with Crippen LogP contribution in [0.2, 0.25) is 0 Å². The molecule has 146 valence electrons. The molecule has 1 saturated carbocycles. The van der Waals surface area contributed by atoms with E-state index in [2.05, 4.69) is 0 Å². The van der Waals surface area contributed by atoms with Gasteiger partial charge in [-0.05, 0) is 44.2 Å². The molecule has 0 aromatic carbocycles. The molecule has 1 aromatic rings. The Labute approximate surface area is 158 Å². The van der Waals surface area contributed by atoms with E-state index >= 15 is 0 Å². The van der Waals surface area contributed by atoms with Gasteiger partial charge in [0.05, 0.1) is 18.6 Å². The van der Waals surface area contributed by atoms with Gasteiger partial charge in [-0.2, -0.15) is 0 Å². The standard InChI is InChI=1S/C20H26N2O5/c23-17-14-15(20(27-17)7-2-1-3-8-20)18(24)21-9-5-10-22(12-11-21)19(25)16-6-4-13-26-16/h4,6,13,15H,1-3,5,7-12,14H2/t15-/m0/s1. The molecule has 1 spiro atoms. The summed E-state index contributed by atoms with van der Waals surface area (Å²) in [5.41, 5.74) is -0.595. The molecule has 3 fully saturated rings. The highest BCUT2D eigenvalue weighted by molar-refractivity contribution is 5.91. The number of hydrogen-bond donors (Lipinski definition) is 0. The van der Waals surface area contributed by atoms with Crippen molar-refractivity contribution in [2.75, 3.05) is 26.2 Å². The van der Waals surface area contributed by atoms with Crippen LogP contribution >= 0.6 is 0 Å². The fourth-order valence-electron chi connectivity index (χ4n) is 4.72. The van der Waals surface area contributed by atoms with Gasteiger partial charge < -0.3 is 19.0 Å². The second-order valence-electron chi connectivity index (χ2n) is 7.80. The molecule has 1 atom stereocenters. The predicted octanol–water partition coefficient (Wildman–Crippen LogP) is 2.22. The molecular formula is C20H26N2O5. The summed E-state index contributed by atoms with van der Waals surface area (Å²) in [4.78, 5) is 41.3. The molecule has 3 heterocycles. The molecule has 1 aliphatic carbocycles. The van der Waals surface area contributed by atoms with Gasteiger partial charge in [0.25, 0.3) is 5.91 Å². The molecule has 0 radical (unpaired) electrons. The second kappa shape index (κ2) is 7.37. The van der Waals surface area contributed by atoms with Gasteiger partial charge >= 0.3 is 5.97 Å². The first-order valence-electron chi connectivity index (χ1n) is 9.92. The summed E-state index contributed by atoms with van der Waals surface area (Å²) in [7, 11) is 0. The van der Waals surface area contributed by atoms with Crippen LogP contribution in [0.5, 0.6) is 0 Å². The molecule has 27 heavy (non-hydrogen) atoms. The van der Waals surface area contributed by atoms with Crippen molar-refractivity contribution in [1.82, 2.24) is 9.80 Å². The summed E-state index contributed by atoms with van der Waals surface area (Å²) in [5, 5.41) is 0. The summed E-state index contributed by atoms with van der Waals surface area (Å²) in [6, 6.07) is 3.35. The van der Waals surface area contributed by atoms with Crippen LogP contribution in [0.1, 0.15) is 55.5 Å². The Morgan fingerprint density at radius 3 is 2.48 bits per heavy atom. The first kappa shape index (κ1) is 18.1. The van der Waals surface area contributed by atoms with E-state index in [-0.39, 0.29) is 30.1 Å². The number of carbonyl (C=O) groups is 3. The van der Waals surface area contributed by atoms with E-state index < -0.39 is 5.60 Å². The van der Waals surface area contributed by atoms with Gasteiger partial charge in [-0.3, -0.25) is 14.4 Å². The van der Waals surface area contributed by atoms with Crippen LogP contribution in [-0.2, 0) is 14.3 Å². The van der Waals surface area contributed by atoms with Crippen molar-refractivity contribution in [1.29, 1.82) is 0 Å². The predicted molar refractivity (Wildman–Crippen MR) is 95.8 cm³/mol. The van der Waals surface area contributed by atoms with Crippen molar-refractivity contribution in [3.63, 3.8) is 0 Å². The maximum Gasteiger partial charge on any atom is 0.307 e. The topological polar surface area (TPSA) is 80.1 Å². The fourth-order valence-corrected chi connectivity index (χ4v) is 4.72. The molecule has 1 aromatic heterocycles. The smallest absolute Gasteiger partial charge is 0.307 e. The average molecular weight is 374 g/mol. The van der Waals surface area contributed by atoms with Crippen molar-refractivity contribution in [3.05, 3.63) is 24.2 Å². The maximum atomic E-state index is 13.2. The van der Waals surface area contributed by atoms with E-state index in [1.165, 1.54) is 6.26 Å². The largest absolute Gasteiger partial charge is 0.459 e. The monoisotopic (exact) mass is 374 g/mol. The number of hydrogen-bond acceptors (Lipinski definition) is 5. The van der Waals surface area contributed by atoms with Gasteiger partial charge in [-0.25, -0.2) is 0 Å². The minimum atomic E-state index is -0.595. The molecule has 2 saturated heterocycles. The Hall–Kier alpha value is -2.31. The van der Waals surface area contributed by atoms with Gasteiger partial charge in [0.15, 0.2) is 5.76 Å². The number of ether oxygens (including phenoxy) is 1. The lowest BCUT2D eigenvalue weighted by atomic mass is 9.75. The van der Waals surface area contributed by atoms with Gasteiger partial charge in [-0.1, -0.05) is 6.42 Å². The van der Waals surface area contributed by atoms with Crippen LogP contribution in [0, 0.1) is 5.92 Å². The summed E-state index contributed by atoms with van der Waals surface area (Å²) in [5.74, 6) is -0.435. The van der Waals surface area contributed by atoms with Crippen molar-refractivity contribution >= 4 is 17.8 Å². The van der Waals surface area contributed by atoms with Crippen LogP contribution in [0.15, 0.2) is 22.8 Å². The first-order valence-corrected chi connectivity index (χ1v) is 9.92. The number of rotatable bonds is 2. The number of furan rings is 1. The number of esters is 1. The second-order valence-corrected chi connectivity index (χ2v) is 7.80. The van der Waals surface area contributed by atoms with Gasteiger partial charge in [0.1, 0.15) is 5.60 Å². The fraction of sp³-hybridized carbons (Fsp3) is 0.650. The van der Waals surface area contributed by atoms with Crippen LogP contribution in [-0.4, -0.2) is 59.4 Å². The Balaban J connectivity index is 1.43. The van der Waals surface area contributed by atoms with E-state index in [1.54, 1.807) is 17.0 Å². The normalized spacial score (nSPS) is 25.3. The summed E-state index contributed by atoms with van der Waals surface area (Å²) < 4.78 is 10.9. The molecule has 3 aliphatic rings. The SMILES string of the molecule is O=C1C[C@@H](C(=O)N2CCCN(C(=O)c3ccco3)CC2)C2(CCCCC2)O1. The molecule has 0 N–H and O–H groups in total. The third-order valence-corrected chi connectivity index (χ3v) is 6.15. The van der Waals surface area contributed by atoms with Gasteiger partial charge in [-0.15, -0.1) is 0 Å². The van der Waals surface area contributed by atoms with E-state index in [9.17, 15) is 14.4 Å². The van der Waals surface area contributed by atoms with Crippen molar-refractivity contribution in [3.8, 4) is 0 Å². The zero-order chi connectivity index (χ0) is 18.9. The maximum absolute atomic E-state index is 13.2. The zero-order valence-corrected chi connectivity index (χ0v) is 15.5. The molecular weight excluding hydrogens is 348 g/mol. The lowest BCUT2D eigenvalue weighted by molar-refractivity contribution is -0.155. The molecule has 7 heteroatoms. The molecule has 2 amide bonds. The van der Waals surface area contributed by atoms with Crippen LogP contribution in [0.3, 0.4) is 0 Å². The van der Waals surface area contributed by atoms with Crippen molar-refractivity contribution < 1.29 is 23.5 Å². The number of carbonyl (C=O) groups excluding carboxylic acids is 3. The summed E-state index contributed by atoms with van der Waals surface area (Å²) >= 11 is 0. The van der Waals surface area contributed by atoms with Crippen LogP contribution in [0.25, 0.3) is 0 Å². The minimum absolute atomic E-state index is 0.00930. The van der Waals surface area contributed by atoms with E-state index in [4.69, 9.17) is 9.15 Å². The Morgan fingerprint density at radius 2 is 1.74 bits per heavy atom. The molecule has 7 nitrogen and oxygen atoms in total. The highest BCUT2D eigenvalue weighted by Gasteiger charge is 2.53. The quantitative estimate of drug-likeness (QED) is 0.742. The Bertz CT molecular complexity index is 708. The van der Waals surface area contributed by atoms with Crippen LogP contribution < -0.4 is 0 Å². The molecule has 4 rings (SSSR count). The number of amides is 2. The van der Waals surface area contributed by atoms with Gasteiger partial charge in [0, 0.05) is 26.2 Å². The van der Waals surface area contributed by atoms with E-state index in [0.29, 0.717) is 38.4 Å². The summed E-state index contributed by atoms with van der Waals surface area (Å²) in [6.07, 6.45) is 7.09. The Kier molecular flexibility index (Phi) is 4.93. The third kappa shape index (κ3) is 3.47. The highest BCUT2D eigenvalue weighted by Crippen LogP contribution is 2.45. The van der Waals surface area contributed by atoms with Crippen LogP contribution in [0.4, 0.5) is 0 Å². The lowest BCUT2D eigenvalue weighted by Crippen LogP contribution is -2.48. The number of nitrogens with zero attached hydrogens (tertiary/aromatic N) is 2. The zero-order valence-electron chi connectivity index (χ0n) is 15.5. The average Bonchev–Trinajstić information content (AvgIpc) is 3.23. The van der Waals surface area contributed by atoms with E-state index in [0.717, 1.165) is 32.1 Å². The van der Waals surface area contributed by atoms with E-state index in [1.807, 2.05) is 4.90 Å². The van der Waals surface area contributed by atoms with Crippen molar-refractivity contribution in [2.45, 2.75) is 50.5 Å². The lowest BCUT2D eigenvalue weighted by Gasteiger charge is -2.38. The third-order valence-electron chi connectivity index (χ3n) is 6.15. The van der Waals surface area contributed by atoms with Crippen molar-refractivity contribution in [2.24, 2.45) is 5.92 Å². The first-order chi connectivity index (χ1) is 13.1. The van der Waals surface area contributed by atoms with Gasteiger partial charge in [0.2, 0.25) is 5.91 Å². The molecule has 0 unspecified atom stereocenters. The minimum Gasteiger partial charge on any atom is -0.459 e. The highest BCUT2D eigenvalue weighted by atomic mass is 16.6. The molecule has 0 bridgehead atoms.